The zero-order valence-electron chi connectivity index (χ0n) is 9.69. The molecule has 0 amide bonds. The van der Waals surface area contributed by atoms with Crippen LogP contribution in [0, 0.1) is 0 Å². The molecule has 0 atom stereocenters. The van der Waals surface area contributed by atoms with Crippen molar-refractivity contribution in [3.8, 4) is 0 Å². The first-order chi connectivity index (χ1) is 8.40. The van der Waals surface area contributed by atoms with Gasteiger partial charge in [-0.3, -0.25) is 0 Å². The number of nitrogens with two attached hydrogens (primary N) is 1. The van der Waals surface area contributed by atoms with Crippen molar-refractivity contribution in [1.82, 2.24) is 4.98 Å². The number of oxazole rings is 1. The molecule has 0 spiro atoms. The number of nitrogens with zero attached hydrogens (tertiary/aromatic N) is 1. The first-order valence-electron chi connectivity index (χ1n) is 5.77. The second-order valence-electron chi connectivity index (χ2n) is 3.67. The van der Waals surface area contributed by atoms with E-state index in [1.54, 1.807) is 0 Å². The fourth-order valence-corrected chi connectivity index (χ4v) is 1.50. The summed E-state index contributed by atoms with van der Waals surface area (Å²) in [7, 11) is 0. The number of aromatic nitrogens is 1. The van der Waals surface area contributed by atoms with E-state index >= 15 is 0 Å². The van der Waals surface area contributed by atoms with Gasteiger partial charge in [-0.1, -0.05) is 12.1 Å². The number of anilines is 1. The van der Waals surface area contributed by atoms with Gasteiger partial charge in [0.1, 0.15) is 5.52 Å². The van der Waals surface area contributed by atoms with Crippen LogP contribution in [0.25, 0.3) is 11.1 Å². The highest BCUT2D eigenvalue weighted by atomic mass is 16.5. The van der Waals surface area contributed by atoms with Crippen molar-refractivity contribution in [1.29, 1.82) is 0 Å². The van der Waals surface area contributed by atoms with Crippen LogP contribution in [-0.4, -0.2) is 31.3 Å². The summed E-state index contributed by atoms with van der Waals surface area (Å²) in [4.78, 5) is 4.31. The van der Waals surface area contributed by atoms with E-state index < -0.39 is 0 Å². The first-order valence-corrected chi connectivity index (χ1v) is 5.77. The lowest BCUT2D eigenvalue weighted by molar-refractivity contribution is 0.141. The molecule has 2 aromatic rings. The minimum Gasteiger partial charge on any atom is -0.424 e. The highest BCUT2D eigenvalue weighted by Crippen LogP contribution is 2.17. The zero-order chi connectivity index (χ0) is 11.9. The predicted octanol–water partition coefficient (Wildman–Crippen LogP) is 1.61. The molecule has 1 heterocycles. The Morgan fingerprint density at radius 1 is 1.29 bits per heavy atom. The van der Waals surface area contributed by atoms with E-state index in [0.717, 1.165) is 24.1 Å². The predicted molar refractivity (Wildman–Crippen MR) is 67.0 cm³/mol. The quantitative estimate of drug-likeness (QED) is 0.713. The molecule has 0 bridgehead atoms. The van der Waals surface area contributed by atoms with E-state index in [0.29, 0.717) is 25.8 Å². The molecule has 92 valence electrons. The zero-order valence-corrected chi connectivity index (χ0v) is 9.69. The van der Waals surface area contributed by atoms with E-state index in [-0.39, 0.29) is 0 Å². The first kappa shape index (κ1) is 11.9. The van der Waals surface area contributed by atoms with Crippen LogP contribution in [0.4, 0.5) is 6.01 Å². The Labute approximate surface area is 100.0 Å². The number of hydrogen-bond acceptors (Lipinski definition) is 5. The van der Waals surface area contributed by atoms with Crippen molar-refractivity contribution in [3.05, 3.63) is 24.3 Å². The molecule has 0 saturated heterocycles. The van der Waals surface area contributed by atoms with Gasteiger partial charge >= 0.3 is 0 Å². The van der Waals surface area contributed by atoms with Gasteiger partial charge in [0.25, 0.3) is 6.01 Å². The van der Waals surface area contributed by atoms with Gasteiger partial charge in [-0.15, -0.1) is 0 Å². The second kappa shape index (κ2) is 6.22. The van der Waals surface area contributed by atoms with Crippen molar-refractivity contribution < 1.29 is 9.15 Å². The third-order valence-electron chi connectivity index (χ3n) is 2.30. The number of benzene rings is 1. The third-order valence-corrected chi connectivity index (χ3v) is 2.30. The smallest absolute Gasteiger partial charge is 0.295 e. The second-order valence-corrected chi connectivity index (χ2v) is 3.67. The molecule has 0 aliphatic heterocycles. The number of hydrogen-bond donors (Lipinski definition) is 2. The van der Waals surface area contributed by atoms with Gasteiger partial charge in [0.05, 0.1) is 6.61 Å². The molecule has 3 N–H and O–H groups in total. The lowest BCUT2D eigenvalue weighted by Crippen LogP contribution is -2.11. The molecule has 0 unspecified atom stereocenters. The SMILES string of the molecule is NCCOCCCNc1nc2ccccc2o1. The molecule has 1 aromatic heterocycles. The van der Waals surface area contributed by atoms with Crippen LogP contribution in [0.5, 0.6) is 0 Å². The van der Waals surface area contributed by atoms with Crippen molar-refractivity contribution in [2.75, 3.05) is 31.6 Å². The van der Waals surface area contributed by atoms with Crippen LogP contribution < -0.4 is 11.1 Å². The molecular weight excluding hydrogens is 218 g/mol. The fourth-order valence-electron chi connectivity index (χ4n) is 1.50. The maximum Gasteiger partial charge on any atom is 0.295 e. The molecule has 0 fully saturated rings. The Balaban J connectivity index is 1.75. The Kier molecular flexibility index (Phi) is 4.35. The molecule has 5 heteroatoms. The molecular formula is C12H17N3O2. The molecule has 0 radical (unpaired) electrons. The highest BCUT2D eigenvalue weighted by Gasteiger charge is 2.02. The minimum atomic E-state index is 0.560. The number of fused-ring (bicyclic) bond motifs is 1. The maximum absolute atomic E-state index is 5.51. The van der Waals surface area contributed by atoms with E-state index in [1.165, 1.54) is 0 Å². The summed E-state index contributed by atoms with van der Waals surface area (Å²) in [6.07, 6.45) is 0.902. The Morgan fingerprint density at radius 3 is 3.00 bits per heavy atom. The molecule has 2 rings (SSSR count). The average Bonchev–Trinajstić information content (AvgIpc) is 2.76. The summed E-state index contributed by atoms with van der Waals surface area (Å²) < 4.78 is 10.8. The van der Waals surface area contributed by atoms with Crippen LogP contribution in [-0.2, 0) is 4.74 Å². The standard InChI is InChI=1S/C12H17N3O2/c13-6-9-16-8-3-7-14-12-15-10-4-1-2-5-11(10)17-12/h1-2,4-5H,3,6-9,13H2,(H,14,15). The number of rotatable bonds is 7. The summed E-state index contributed by atoms with van der Waals surface area (Å²) in [6.45, 7) is 2.66. The number of ether oxygens (including phenoxy) is 1. The van der Waals surface area contributed by atoms with Gasteiger partial charge in [-0.2, -0.15) is 4.98 Å². The van der Waals surface area contributed by atoms with Gasteiger partial charge in [-0.05, 0) is 18.6 Å². The maximum atomic E-state index is 5.51. The van der Waals surface area contributed by atoms with Crippen molar-refractivity contribution in [2.24, 2.45) is 5.73 Å². The van der Waals surface area contributed by atoms with Gasteiger partial charge < -0.3 is 20.2 Å². The van der Waals surface area contributed by atoms with Crippen LogP contribution in [0.1, 0.15) is 6.42 Å². The molecule has 0 aliphatic rings. The monoisotopic (exact) mass is 235 g/mol. The summed E-state index contributed by atoms with van der Waals surface area (Å²) in [5.41, 5.74) is 6.98. The topological polar surface area (TPSA) is 73.3 Å². The van der Waals surface area contributed by atoms with Crippen molar-refractivity contribution >= 4 is 17.1 Å². The Bertz CT molecular complexity index is 423. The van der Waals surface area contributed by atoms with Gasteiger partial charge in [0.15, 0.2) is 5.58 Å². The lowest BCUT2D eigenvalue weighted by Gasteiger charge is -2.02. The van der Waals surface area contributed by atoms with E-state index in [2.05, 4.69) is 10.3 Å². The minimum absolute atomic E-state index is 0.560. The molecule has 1 aromatic carbocycles. The summed E-state index contributed by atoms with van der Waals surface area (Å²) >= 11 is 0. The Hall–Kier alpha value is -1.59. The van der Waals surface area contributed by atoms with Crippen LogP contribution in [0.15, 0.2) is 28.7 Å². The van der Waals surface area contributed by atoms with E-state index in [9.17, 15) is 0 Å². The summed E-state index contributed by atoms with van der Waals surface area (Å²) in [5.74, 6) is 0. The lowest BCUT2D eigenvalue weighted by atomic mass is 10.3. The molecule has 17 heavy (non-hydrogen) atoms. The number of nitrogens with one attached hydrogen (secondary N) is 1. The van der Waals surface area contributed by atoms with E-state index in [4.69, 9.17) is 14.9 Å². The number of para-hydroxylation sites is 2. The molecule has 0 aliphatic carbocycles. The fraction of sp³-hybridized carbons (Fsp3) is 0.417. The van der Waals surface area contributed by atoms with Gasteiger partial charge in [-0.25, -0.2) is 0 Å². The average molecular weight is 235 g/mol. The van der Waals surface area contributed by atoms with Crippen molar-refractivity contribution in [3.63, 3.8) is 0 Å². The summed E-state index contributed by atoms with van der Waals surface area (Å²) in [6, 6.07) is 8.25. The van der Waals surface area contributed by atoms with Crippen LogP contribution in [0.3, 0.4) is 0 Å². The van der Waals surface area contributed by atoms with E-state index in [1.807, 2.05) is 24.3 Å². The molecule has 0 saturated carbocycles. The Morgan fingerprint density at radius 2 is 2.18 bits per heavy atom. The highest BCUT2D eigenvalue weighted by molar-refractivity contribution is 5.74. The van der Waals surface area contributed by atoms with Crippen molar-refractivity contribution in [2.45, 2.75) is 6.42 Å². The van der Waals surface area contributed by atoms with Crippen LogP contribution in [0.2, 0.25) is 0 Å². The van der Waals surface area contributed by atoms with Gasteiger partial charge in [0.2, 0.25) is 0 Å². The summed E-state index contributed by atoms with van der Waals surface area (Å²) in [5, 5.41) is 3.12. The normalized spacial score (nSPS) is 10.9. The molecule has 5 nitrogen and oxygen atoms in total. The van der Waals surface area contributed by atoms with Crippen LogP contribution >= 0.6 is 0 Å². The van der Waals surface area contributed by atoms with Gasteiger partial charge in [0, 0.05) is 19.7 Å². The largest absolute Gasteiger partial charge is 0.424 e. The third kappa shape index (κ3) is 3.44.